The van der Waals surface area contributed by atoms with Gasteiger partial charge in [0.1, 0.15) is 0 Å². The fraction of sp³-hybridized carbons (Fsp3) is 0.700. The van der Waals surface area contributed by atoms with E-state index in [1.54, 1.807) is 6.92 Å². The van der Waals surface area contributed by atoms with Crippen molar-refractivity contribution in [2.45, 2.75) is 39.2 Å². The molecule has 0 radical (unpaired) electrons. The first-order valence-corrected chi connectivity index (χ1v) is 4.93. The number of carbonyl (C=O) groups is 1. The van der Waals surface area contributed by atoms with Gasteiger partial charge >= 0.3 is 5.97 Å². The number of nitrogens with two attached hydrogens (primary N) is 1. The molecule has 0 heterocycles. The maximum absolute atomic E-state index is 10.9. The second kappa shape index (κ2) is 7.53. The number of unbranched alkanes of at least 4 members (excludes halogenated alkanes) is 1. The van der Waals surface area contributed by atoms with Gasteiger partial charge in [-0.25, -0.2) is 4.79 Å². The van der Waals surface area contributed by atoms with E-state index in [2.05, 4.69) is 23.8 Å². The number of hydrogen-bond donors (Lipinski definition) is 2. The van der Waals surface area contributed by atoms with Gasteiger partial charge in [0, 0.05) is 18.2 Å². The zero-order valence-corrected chi connectivity index (χ0v) is 9.01. The van der Waals surface area contributed by atoms with E-state index >= 15 is 0 Å². The summed E-state index contributed by atoms with van der Waals surface area (Å²) in [5, 5.41) is 0. The predicted octanol–water partition coefficient (Wildman–Crippen LogP) is 1.13. The molecule has 0 aliphatic heterocycles. The van der Waals surface area contributed by atoms with Gasteiger partial charge in [-0.2, -0.15) is 5.48 Å². The Bertz CT molecular complexity index is 193. The van der Waals surface area contributed by atoms with Crippen LogP contribution in [0.1, 0.15) is 33.1 Å². The van der Waals surface area contributed by atoms with Crippen molar-refractivity contribution in [2.24, 2.45) is 5.73 Å². The minimum absolute atomic E-state index is 0.0351. The summed E-state index contributed by atoms with van der Waals surface area (Å²) in [6.45, 7) is 7.65. The molecule has 0 aromatic rings. The number of hydroxylamine groups is 1. The molecular formula is C10H20N2O2. The van der Waals surface area contributed by atoms with Gasteiger partial charge in [-0.05, 0) is 13.3 Å². The Balaban J connectivity index is 3.44. The molecule has 1 unspecified atom stereocenters. The molecular weight excluding hydrogens is 180 g/mol. The second-order valence-electron chi connectivity index (χ2n) is 3.42. The van der Waals surface area contributed by atoms with E-state index in [0.29, 0.717) is 12.1 Å². The fourth-order valence-corrected chi connectivity index (χ4v) is 0.870. The third kappa shape index (κ3) is 6.62. The highest BCUT2D eigenvalue weighted by molar-refractivity contribution is 5.86. The van der Waals surface area contributed by atoms with Crippen LogP contribution in [0.15, 0.2) is 12.2 Å². The van der Waals surface area contributed by atoms with Crippen LogP contribution < -0.4 is 11.2 Å². The lowest BCUT2D eigenvalue weighted by Crippen LogP contribution is -2.35. The molecule has 82 valence electrons. The van der Waals surface area contributed by atoms with Crippen LogP contribution in [-0.2, 0) is 9.63 Å². The van der Waals surface area contributed by atoms with Crippen molar-refractivity contribution < 1.29 is 9.63 Å². The summed E-state index contributed by atoms with van der Waals surface area (Å²) in [7, 11) is 0. The summed E-state index contributed by atoms with van der Waals surface area (Å²) < 4.78 is 0. The van der Waals surface area contributed by atoms with Gasteiger partial charge in [0.05, 0.1) is 0 Å². The first kappa shape index (κ1) is 13.1. The van der Waals surface area contributed by atoms with Gasteiger partial charge in [-0.15, -0.1) is 0 Å². The molecule has 0 fully saturated rings. The Kier molecular flexibility index (Phi) is 7.06. The highest BCUT2D eigenvalue weighted by Gasteiger charge is 2.05. The average Bonchev–Trinajstić information content (AvgIpc) is 2.14. The molecule has 0 aliphatic rings. The van der Waals surface area contributed by atoms with Crippen LogP contribution >= 0.6 is 0 Å². The third-order valence-electron chi connectivity index (χ3n) is 1.79. The SMILES string of the molecule is C=C(C)C(=O)ONCC(N)CCCC. The Morgan fingerprint density at radius 1 is 1.64 bits per heavy atom. The summed E-state index contributed by atoms with van der Waals surface area (Å²) in [5.41, 5.74) is 8.66. The summed E-state index contributed by atoms with van der Waals surface area (Å²) in [5.74, 6) is -0.437. The van der Waals surface area contributed by atoms with Crippen molar-refractivity contribution in [3.8, 4) is 0 Å². The molecule has 0 aromatic heterocycles. The van der Waals surface area contributed by atoms with Crippen LogP contribution in [0.4, 0.5) is 0 Å². The highest BCUT2D eigenvalue weighted by Crippen LogP contribution is 1.97. The van der Waals surface area contributed by atoms with E-state index in [1.165, 1.54) is 0 Å². The predicted molar refractivity (Wildman–Crippen MR) is 56.4 cm³/mol. The number of rotatable bonds is 7. The van der Waals surface area contributed by atoms with E-state index < -0.39 is 5.97 Å². The van der Waals surface area contributed by atoms with Crippen molar-refractivity contribution in [1.29, 1.82) is 0 Å². The van der Waals surface area contributed by atoms with Crippen molar-refractivity contribution >= 4 is 5.97 Å². The molecule has 0 saturated carbocycles. The third-order valence-corrected chi connectivity index (χ3v) is 1.79. The van der Waals surface area contributed by atoms with Gasteiger partial charge in [0.2, 0.25) is 0 Å². The lowest BCUT2D eigenvalue weighted by molar-refractivity contribution is -0.146. The molecule has 0 spiro atoms. The molecule has 0 bridgehead atoms. The van der Waals surface area contributed by atoms with Crippen molar-refractivity contribution in [2.75, 3.05) is 6.54 Å². The van der Waals surface area contributed by atoms with Gasteiger partial charge < -0.3 is 10.6 Å². The van der Waals surface area contributed by atoms with Crippen molar-refractivity contribution in [1.82, 2.24) is 5.48 Å². The van der Waals surface area contributed by atoms with Crippen LogP contribution in [0, 0.1) is 0 Å². The Morgan fingerprint density at radius 3 is 2.79 bits per heavy atom. The second-order valence-corrected chi connectivity index (χ2v) is 3.42. The molecule has 0 aliphatic carbocycles. The standard InChI is InChI=1S/C10H20N2O2/c1-4-5-6-9(11)7-12-14-10(13)8(2)3/h9,12H,2,4-7,11H2,1,3H3. The lowest BCUT2D eigenvalue weighted by atomic mass is 10.1. The highest BCUT2D eigenvalue weighted by atomic mass is 16.7. The van der Waals surface area contributed by atoms with Crippen LogP contribution in [0.25, 0.3) is 0 Å². The number of hydrogen-bond acceptors (Lipinski definition) is 4. The quantitative estimate of drug-likeness (QED) is 0.477. The average molecular weight is 200 g/mol. The van der Waals surface area contributed by atoms with Gasteiger partial charge in [0.15, 0.2) is 0 Å². The molecule has 4 heteroatoms. The van der Waals surface area contributed by atoms with Crippen molar-refractivity contribution in [3.05, 3.63) is 12.2 Å². The monoisotopic (exact) mass is 200 g/mol. The van der Waals surface area contributed by atoms with Crippen molar-refractivity contribution in [3.63, 3.8) is 0 Å². The summed E-state index contributed by atoms with van der Waals surface area (Å²) in [4.78, 5) is 15.6. The Morgan fingerprint density at radius 2 is 2.29 bits per heavy atom. The maximum atomic E-state index is 10.9. The van der Waals surface area contributed by atoms with E-state index in [0.717, 1.165) is 19.3 Å². The molecule has 1 atom stereocenters. The summed E-state index contributed by atoms with van der Waals surface area (Å²) in [6.07, 6.45) is 3.16. The van der Waals surface area contributed by atoms with E-state index in [1.807, 2.05) is 0 Å². The van der Waals surface area contributed by atoms with Gasteiger partial charge in [-0.3, -0.25) is 0 Å². The molecule has 4 nitrogen and oxygen atoms in total. The maximum Gasteiger partial charge on any atom is 0.351 e. The largest absolute Gasteiger partial charge is 0.367 e. The number of carbonyl (C=O) groups excluding carboxylic acids is 1. The zero-order valence-electron chi connectivity index (χ0n) is 9.01. The molecule has 0 aromatic carbocycles. The number of nitrogens with one attached hydrogen (secondary N) is 1. The first-order valence-electron chi connectivity index (χ1n) is 4.93. The first-order chi connectivity index (χ1) is 6.57. The summed E-state index contributed by atoms with van der Waals surface area (Å²) in [6, 6.07) is 0.0351. The molecule has 14 heavy (non-hydrogen) atoms. The van der Waals surface area contributed by atoms with Gasteiger partial charge in [0.25, 0.3) is 0 Å². The lowest BCUT2D eigenvalue weighted by Gasteiger charge is -2.11. The van der Waals surface area contributed by atoms with Gasteiger partial charge in [-0.1, -0.05) is 26.3 Å². The Hall–Kier alpha value is -0.870. The topological polar surface area (TPSA) is 64.3 Å². The zero-order chi connectivity index (χ0) is 11.0. The summed E-state index contributed by atoms with van der Waals surface area (Å²) >= 11 is 0. The van der Waals surface area contributed by atoms with E-state index in [9.17, 15) is 4.79 Å². The molecule has 3 N–H and O–H groups in total. The minimum atomic E-state index is -0.437. The molecule has 0 amide bonds. The van der Waals surface area contributed by atoms with E-state index in [-0.39, 0.29) is 6.04 Å². The molecule has 0 rings (SSSR count). The fourth-order valence-electron chi connectivity index (χ4n) is 0.870. The van der Waals surface area contributed by atoms with Crippen LogP contribution in [0.2, 0.25) is 0 Å². The smallest absolute Gasteiger partial charge is 0.351 e. The van der Waals surface area contributed by atoms with Crippen LogP contribution in [0.5, 0.6) is 0 Å². The van der Waals surface area contributed by atoms with Crippen LogP contribution in [0.3, 0.4) is 0 Å². The van der Waals surface area contributed by atoms with Crippen LogP contribution in [-0.4, -0.2) is 18.6 Å². The van der Waals surface area contributed by atoms with E-state index in [4.69, 9.17) is 5.73 Å². The normalized spacial score (nSPS) is 12.2. The Labute approximate surface area is 85.5 Å². The molecule has 0 saturated heterocycles. The minimum Gasteiger partial charge on any atom is -0.367 e.